The van der Waals surface area contributed by atoms with Crippen molar-refractivity contribution in [2.75, 3.05) is 18.8 Å². The van der Waals surface area contributed by atoms with Gasteiger partial charge in [-0.25, -0.2) is 0 Å². The van der Waals surface area contributed by atoms with E-state index in [0.717, 1.165) is 18.8 Å². The molecule has 0 radical (unpaired) electrons. The maximum atomic E-state index is 11.0. The van der Waals surface area contributed by atoms with Gasteiger partial charge in [-0.15, -0.1) is 0 Å². The molecule has 0 saturated carbocycles. The molecule has 0 aromatic carbocycles. The minimum absolute atomic E-state index is 0.217. The maximum absolute atomic E-state index is 11.0. The van der Waals surface area contributed by atoms with Gasteiger partial charge in [0.1, 0.15) is 0 Å². The lowest BCUT2D eigenvalue weighted by atomic mass is 10.4. The highest BCUT2D eigenvalue weighted by atomic mass is 32.1. The van der Waals surface area contributed by atoms with Crippen LogP contribution >= 0.6 is 25.3 Å². The van der Waals surface area contributed by atoms with Gasteiger partial charge in [-0.2, -0.15) is 25.3 Å². The lowest BCUT2D eigenvalue weighted by Crippen LogP contribution is -2.27. The fraction of sp³-hybridized carbons (Fsp3) is 0.833. The van der Waals surface area contributed by atoms with Crippen molar-refractivity contribution in [2.45, 2.75) is 11.7 Å². The van der Waals surface area contributed by atoms with Gasteiger partial charge in [0.2, 0.25) is 5.91 Å². The van der Waals surface area contributed by atoms with Gasteiger partial charge < -0.3 is 4.90 Å². The standard InChI is InChI=1S/C6H11NOS2/c8-6-3-5(10)4-7(6)1-2-9/h5,9-10H,1-4H2. The molecule has 1 fully saturated rings. The van der Waals surface area contributed by atoms with E-state index in [1.54, 1.807) is 0 Å². The summed E-state index contributed by atoms with van der Waals surface area (Å²) in [5.41, 5.74) is 0. The Balaban J connectivity index is 2.39. The van der Waals surface area contributed by atoms with Gasteiger partial charge >= 0.3 is 0 Å². The van der Waals surface area contributed by atoms with Crippen LogP contribution in [0.3, 0.4) is 0 Å². The summed E-state index contributed by atoms with van der Waals surface area (Å²) < 4.78 is 0. The van der Waals surface area contributed by atoms with Crippen molar-refractivity contribution in [3.8, 4) is 0 Å². The molecule has 2 nitrogen and oxygen atoms in total. The van der Waals surface area contributed by atoms with Crippen LogP contribution in [0.2, 0.25) is 0 Å². The van der Waals surface area contributed by atoms with Crippen molar-refractivity contribution >= 4 is 31.2 Å². The van der Waals surface area contributed by atoms with Crippen molar-refractivity contribution in [3.05, 3.63) is 0 Å². The Morgan fingerprint density at radius 1 is 1.70 bits per heavy atom. The van der Waals surface area contributed by atoms with Gasteiger partial charge in [0.05, 0.1) is 0 Å². The molecule has 58 valence electrons. The zero-order chi connectivity index (χ0) is 7.56. The van der Waals surface area contributed by atoms with Crippen LogP contribution in [0.1, 0.15) is 6.42 Å². The molecule has 0 N–H and O–H groups in total. The van der Waals surface area contributed by atoms with Crippen molar-refractivity contribution in [1.29, 1.82) is 0 Å². The molecule has 1 aliphatic heterocycles. The molecule has 1 amide bonds. The first-order chi connectivity index (χ1) is 4.74. The normalized spacial score (nSPS) is 26.0. The number of amides is 1. The molecular weight excluding hydrogens is 166 g/mol. The molecule has 0 aliphatic carbocycles. The molecule has 1 heterocycles. The predicted octanol–water partition coefficient (Wildman–Crippen LogP) is 0.447. The average Bonchev–Trinajstić information content (AvgIpc) is 2.13. The highest BCUT2D eigenvalue weighted by Gasteiger charge is 2.25. The molecular formula is C6H11NOS2. The predicted molar refractivity (Wildman–Crippen MR) is 47.8 cm³/mol. The first-order valence-electron chi connectivity index (χ1n) is 3.30. The van der Waals surface area contributed by atoms with E-state index in [4.69, 9.17) is 0 Å². The van der Waals surface area contributed by atoms with E-state index in [0.29, 0.717) is 6.42 Å². The summed E-state index contributed by atoms with van der Waals surface area (Å²) in [6, 6.07) is 0. The van der Waals surface area contributed by atoms with Crippen LogP contribution < -0.4 is 0 Å². The van der Waals surface area contributed by atoms with Crippen LogP contribution in [0.5, 0.6) is 0 Å². The van der Waals surface area contributed by atoms with Gasteiger partial charge in [-0.1, -0.05) is 0 Å². The summed E-state index contributed by atoms with van der Waals surface area (Å²) in [7, 11) is 0. The van der Waals surface area contributed by atoms with E-state index in [-0.39, 0.29) is 11.2 Å². The third-order valence-electron chi connectivity index (χ3n) is 1.56. The molecule has 1 unspecified atom stereocenters. The topological polar surface area (TPSA) is 20.3 Å². The quantitative estimate of drug-likeness (QED) is 0.587. The molecule has 0 bridgehead atoms. The van der Waals surface area contributed by atoms with Gasteiger partial charge in [0, 0.05) is 30.5 Å². The zero-order valence-corrected chi connectivity index (χ0v) is 7.44. The lowest BCUT2D eigenvalue weighted by Gasteiger charge is -2.13. The molecule has 0 spiro atoms. The average molecular weight is 177 g/mol. The van der Waals surface area contributed by atoms with Crippen molar-refractivity contribution in [3.63, 3.8) is 0 Å². The SMILES string of the molecule is O=C1CC(S)CN1CCS. The Morgan fingerprint density at radius 2 is 2.40 bits per heavy atom. The Morgan fingerprint density at radius 3 is 2.80 bits per heavy atom. The van der Waals surface area contributed by atoms with E-state index < -0.39 is 0 Å². The number of carbonyl (C=O) groups excluding carboxylic acids is 1. The second kappa shape index (κ2) is 3.53. The number of likely N-dealkylation sites (tertiary alicyclic amines) is 1. The van der Waals surface area contributed by atoms with Gasteiger partial charge in [-0.3, -0.25) is 4.79 Å². The summed E-state index contributed by atoms with van der Waals surface area (Å²) in [4.78, 5) is 12.8. The minimum atomic E-state index is 0.217. The fourth-order valence-corrected chi connectivity index (χ4v) is 1.68. The summed E-state index contributed by atoms with van der Waals surface area (Å²) >= 11 is 8.26. The Hall–Kier alpha value is 0.170. The summed E-state index contributed by atoms with van der Waals surface area (Å²) in [6.07, 6.45) is 0.594. The third-order valence-corrected chi connectivity index (χ3v) is 2.11. The third kappa shape index (κ3) is 1.83. The monoisotopic (exact) mass is 177 g/mol. The lowest BCUT2D eigenvalue weighted by molar-refractivity contribution is -0.127. The maximum Gasteiger partial charge on any atom is 0.223 e. The van der Waals surface area contributed by atoms with Gasteiger partial charge in [-0.05, 0) is 0 Å². The zero-order valence-electron chi connectivity index (χ0n) is 5.66. The molecule has 1 saturated heterocycles. The van der Waals surface area contributed by atoms with Crippen LogP contribution in [-0.2, 0) is 4.79 Å². The van der Waals surface area contributed by atoms with E-state index in [1.807, 2.05) is 4.90 Å². The number of nitrogens with zero attached hydrogens (tertiary/aromatic N) is 1. The number of rotatable bonds is 2. The molecule has 1 rings (SSSR count). The molecule has 1 atom stereocenters. The summed E-state index contributed by atoms with van der Waals surface area (Å²) in [5.74, 6) is 0.959. The molecule has 4 heteroatoms. The fourth-order valence-electron chi connectivity index (χ4n) is 1.09. The highest BCUT2D eigenvalue weighted by molar-refractivity contribution is 7.81. The van der Waals surface area contributed by atoms with Crippen molar-refractivity contribution < 1.29 is 4.79 Å². The Bertz CT molecular complexity index is 140. The number of hydrogen-bond acceptors (Lipinski definition) is 3. The summed E-state index contributed by atoms with van der Waals surface area (Å²) in [5, 5.41) is 0.243. The van der Waals surface area contributed by atoms with E-state index in [9.17, 15) is 4.79 Å². The number of carbonyl (C=O) groups is 1. The van der Waals surface area contributed by atoms with Crippen LogP contribution in [0.15, 0.2) is 0 Å². The van der Waals surface area contributed by atoms with E-state index >= 15 is 0 Å². The van der Waals surface area contributed by atoms with Crippen molar-refractivity contribution in [2.24, 2.45) is 0 Å². The van der Waals surface area contributed by atoms with Crippen LogP contribution in [0.25, 0.3) is 0 Å². The summed E-state index contributed by atoms with van der Waals surface area (Å²) in [6.45, 7) is 1.56. The largest absolute Gasteiger partial charge is 0.341 e. The molecule has 0 aromatic rings. The Kier molecular flexibility index (Phi) is 2.92. The van der Waals surface area contributed by atoms with Crippen LogP contribution in [0, 0.1) is 0 Å². The van der Waals surface area contributed by atoms with E-state index in [1.165, 1.54) is 0 Å². The van der Waals surface area contributed by atoms with E-state index in [2.05, 4.69) is 25.3 Å². The second-order valence-electron chi connectivity index (χ2n) is 2.42. The first kappa shape index (κ1) is 8.27. The molecule has 0 aromatic heterocycles. The van der Waals surface area contributed by atoms with Crippen molar-refractivity contribution in [1.82, 2.24) is 4.90 Å². The minimum Gasteiger partial charge on any atom is -0.341 e. The number of hydrogen-bond donors (Lipinski definition) is 2. The molecule has 1 aliphatic rings. The van der Waals surface area contributed by atoms with Gasteiger partial charge in [0.25, 0.3) is 0 Å². The number of thiol groups is 2. The van der Waals surface area contributed by atoms with Crippen LogP contribution in [0.4, 0.5) is 0 Å². The Labute approximate surface area is 71.8 Å². The highest BCUT2D eigenvalue weighted by Crippen LogP contribution is 2.14. The second-order valence-corrected chi connectivity index (χ2v) is 3.60. The molecule has 10 heavy (non-hydrogen) atoms. The van der Waals surface area contributed by atoms with Gasteiger partial charge in [0.15, 0.2) is 0 Å². The first-order valence-corrected chi connectivity index (χ1v) is 4.45. The smallest absolute Gasteiger partial charge is 0.223 e. The van der Waals surface area contributed by atoms with Crippen LogP contribution in [-0.4, -0.2) is 34.9 Å².